The zero-order valence-corrected chi connectivity index (χ0v) is 23.4. The minimum absolute atomic E-state index is 0.0677. The van der Waals surface area contributed by atoms with Gasteiger partial charge in [-0.05, 0) is 78.2 Å². The van der Waals surface area contributed by atoms with Crippen LogP contribution < -0.4 is 4.74 Å². The summed E-state index contributed by atoms with van der Waals surface area (Å²) in [5.41, 5.74) is 1.35. The SMILES string of the molecule is CCCCCC1CCC(c2ccc(C(F)(F)Oc3cc(C(C)(C)C)c(O)c(C(C)(C)C)c3)cc2)CC1. The van der Waals surface area contributed by atoms with Crippen LogP contribution in [0.1, 0.15) is 128 Å². The predicted molar refractivity (Wildman–Crippen MR) is 145 cm³/mol. The van der Waals surface area contributed by atoms with E-state index in [0.29, 0.717) is 17.0 Å². The average molecular weight is 501 g/mol. The number of phenolic OH excluding ortho intramolecular Hbond substituents is 1. The molecule has 0 amide bonds. The predicted octanol–water partition coefficient (Wildman–Crippen LogP) is 9.97. The Kier molecular flexibility index (Phi) is 8.78. The lowest BCUT2D eigenvalue weighted by Crippen LogP contribution is -2.23. The van der Waals surface area contributed by atoms with E-state index in [0.717, 1.165) is 24.3 Å². The number of phenols is 1. The standard InChI is InChI=1S/C32H46F2O2/c1-8-9-10-11-22-12-14-23(15-13-22)24-16-18-25(19-17-24)32(33,34)36-26-20-27(30(2,3)4)29(35)28(21-26)31(5,6)7/h16-23,35H,8-15H2,1-7H3. The van der Waals surface area contributed by atoms with Crippen molar-refractivity contribution < 1.29 is 18.6 Å². The second-order valence-electron chi connectivity index (χ2n) is 12.8. The van der Waals surface area contributed by atoms with Gasteiger partial charge < -0.3 is 9.84 Å². The maximum absolute atomic E-state index is 15.3. The van der Waals surface area contributed by atoms with E-state index in [1.165, 1.54) is 50.7 Å². The maximum atomic E-state index is 15.3. The van der Waals surface area contributed by atoms with Gasteiger partial charge in [0.2, 0.25) is 0 Å². The molecule has 0 unspecified atom stereocenters. The van der Waals surface area contributed by atoms with E-state index >= 15 is 8.78 Å². The topological polar surface area (TPSA) is 29.5 Å². The fourth-order valence-electron chi connectivity index (χ4n) is 5.43. The van der Waals surface area contributed by atoms with E-state index in [9.17, 15) is 5.11 Å². The minimum atomic E-state index is -3.48. The summed E-state index contributed by atoms with van der Waals surface area (Å²) in [6, 6.07) is 9.83. The van der Waals surface area contributed by atoms with Gasteiger partial charge in [-0.15, -0.1) is 0 Å². The molecule has 0 radical (unpaired) electrons. The van der Waals surface area contributed by atoms with Crippen LogP contribution in [0.25, 0.3) is 0 Å². The van der Waals surface area contributed by atoms with Crippen molar-refractivity contribution in [2.45, 2.75) is 123 Å². The zero-order chi connectivity index (χ0) is 26.7. The van der Waals surface area contributed by atoms with Gasteiger partial charge in [0.25, 0.3) is 0 Å². The summed E-state index contributed by atoms with van der Waals surface area (Å²) < 4.78 is 35.9. The molecule has 2 nitrogen and oxygen atoms in total. The van der Waals surface area contributed by atoms with Gasteiger partial charge in [-0.3, -0.25) is 0 Å². The number of rotatable bonds is 8. The molecule has 1 saturated carbocycles. The lowest BCUT2D eigenvalue weighted by atomic mass is 9.77. The molecule has 1 fully saturated rings. The number of hydrogen-bond donors (Lipinski definition) is 1. The Balaban J connectivity index is 1.75. The molecule has 0 heterocycles. The van der Waals surface area contributed by atoms with Crippen molar-refractivity contribution in [3.63, 3.8) is 0 Å². The summed E-state index contributed by atoms with van der Waals surface area (Å²) >= 11 is 0. The summed E-state index contributed by atoms with van der Waals surface area (Å²) in [6.45, 7) is 14.0. The van der Waals surface area contributed by atoms with Gasteiger partial charge in [0, 0.05) is 11.1 Å². The van der Waals surface area contributed by atoms with Crippen LogP contribution in [0.4, 0.5) is 8.78 Å². The Labute approximate surface area is 217 Å². The van der Waals surface area contributed by atoms with Crippen molar-refractivity contribution in [1.82, 2.24) is 0 Å². The third-order valence-corrected chi connectivity index (χ3v) is 7.73. The molecule has 0 aromatic heterocycles. The van der Waals surface area contributed by atoms with Gasteiger partial charge in [-0.2, -0.15) is 8.78 Å². The van der Waals surface area contributed by atoms with Crippen molar-refractivity contribution in [3.8, 4) is 11.5 Å². The van der Waals surface area contributed by atoms with Crippen LogP contribution in [0.5, 0.6) is 11.5 Å². The zero-order valence-electron chi connectivity index (χ0n) is 23.4. The second kappa shape index (κ2) is 11.1. The minimum Gasteiger partial charge on any atom is -0.507 e. The monoisotopic (exact) mass is 500 g/mol. The molecule has 1 aliphatic carbocycles. The largest absolute Gasteiger partial charge is 0.507 e. The van der Waals surface area contributed by atoms with Gasteiger partial charge in [-0.1, -0.05) is 86.3 Å². The van der Waals surface area contributed by atoms with Crippen LogP contribution in [0.2, 0.25) is 0 Å². The molecular formula is C32H46F2O2. The Morgan fingerprint density at radius 3 is 1.83 bits per heavy atom. The summed E-state index contributed by atoms with van der Waals surface area (Å²) in [5, 5.41) is 10.9. The van der Waals surface area contributed by atoms with Gasteiger partial charge in [0.15, 0.2) is 0 Å². The number of alkyl halides is 2. The molecule has 1 aliphatic rings. The van der Waals surface area contributed by atoms with Crippen molar-refractivity contribution in [3.05, 3.63) is 58.7 Å². The molecular weight excluding hydrogens is 454 g/mol. The van der Waals surface area contributed by atoms with Crippen LogP contribution in [0.15, 0.2) is 36.4 Å². The van der Waals surface area contributed by atoms with Gasteiger partial charge in [-0.25, -0.2) is 0 Å². The first-order valence-corrected chi connectivity index (χ1v) is 13.8. The molecule has 2 aromatic carbocycles. The quantitative estimate of drug-likeness (QED) is 0.365. The highest BCUT2D eigenvalue weighted by Crippen LogP contribution is 2.44. The average Bonchev–Trinajstić information content (AvgIpc) is 2.79. The third-order valence-electron chi connectivity index (χ3n) is 7.73. The number of benzene rings is 2. The van der Waals surface area contributed by atoms with Gasteiger partial charge >= 0.3 is 6.11 Å². The fraction of sp³-hybridized carbons (Fsp3) is 0.625. The molecule has 0 spiro atoms. The Hall–Kier alpha value is -2.10. The fourth-order valence-corrected chi connectivity index (χ4v) is 5.43. The highest BCUT2D eigenvalue weighted by molar-refractivity contribution is 5.52. The molecule has 1 N–H and O–H groups in total. The van der Waals surface area contributed by atoms with Crippen molar-refractivity contribution in [2.75, 3.05) is 0 Å². The van der Waals surface area contributed by atoms with Crippen LogP contribution in [-0.2, 0) is 16.9 Å². The lowest BCUT2D eigenvalue weighted by molar-refractivity contribution is -0.185. The lowest BCUT2D eigenvalue weighted by Gasteiger charge is -2.30. The molecule has 0 aliphatic heterocycles. The van der Waals surface area contributed by atoms with Crippen LogP contribution in [0.3, 0.4) is 0 Å². The number of halogens is 2. The molecule has 0 atom stereocenters. The number of hydrogen-bond acceptors (Lipinski definition) is 2. The van der Waals surface area contributed by atoms with E-state index in [1.807, 2.05) is 53.7 Å². The Bertz CT molecular complexity index is 953. The van der Waals surface area contributed by atoms with E-state index in [2.05, 4.69) is 6.92 Å². The van der Waals surface area contributed by atoms with Crippen molar-refractivity contribution in [2.24, 2.45) is 5.92 Å². The molecule has 4 heteroatoms. The highest BCUT2D eigenvalue weighted by Gasteiger charge is 2.36. The number of ether oxygens (including phenoxy) is 1. The van der Waals surface area contributed by atoms with Gasteiger partial charge in [0.1, 0.15) is 11.5 Å². The van der Waals surface area contributed by atoms with Crippen molar-refractivity contribution in [1.29, 1.82) is 0 Å². The van der Waals surface area contributed by atoms with Crippen LogP contribution in [-0.4, -0.2) is 5.11 Å². The summed E-state index contributed by atoms with van der Waals surface area (Å²) in [7, 11) is 0. The third kappa shape index (κ3) is 7.01. The van der Waals surface area contributed by atoms with E-state index in [4.69, 9.17) is 4.74 Å². The summed E-state index contributed by atoms with van der Waals surface area (Å²) in [5.74, 6) is 1.50. The smallest absolute Gasteiger partial charge is 0.426 e. The molecule has 0 saturated heterocycles. The molecule has 0 bridgehead atoms. The Morgan fingerprint density at radius 1 is 0.833 bits per heavy atom. The van der Waals surface area contributed by atoms with Gasteiger partial charge in [0.05, 0.1) is 5.56 Å². The van der Waals surface area contributed by atoms with Crippen molar-refractivity contribution >= 4 is 0 Å². The number of aromatic hydroxyl groups is 1. The molecule has 36 heavy (non-hydrogen) atoms. The first-order valence-electron chi connectivity index (χ1n) is 13.8. The second-order valence-corrected chi connectivity index (χ2v) is 12.8. The molecule has 3 rings (SSSR count). The number of unbranched alkanes of at least 4 members (excludes halogenated alkanes) is 2. The summed E-state index contributed by atoms with van der Waals surface area (Å²) in [4.78, 5) is 0. The van der Waals surface area contributed by atoms with Crippen LogP contribution >= 0.6 is 0 Å². The summed E-state index contributed by atoms with van der Waals surface area (Å²) in [6.07, 6.45) is 6.51. The first-order chi connectivity index (χ1) is 16.7. The van der Waals surface area contributed by atoms with Crippen LogP contribution in [0, 0.1) is 5.92 Å². The first kappa shape index (κ1) is 28.5. The van der Waals surface area contributed by atoms with E-state index in [-0.39, 0.29) is 17.1 Å². The van der Waals surface area contributed by atoms with E-state index < -0.39 is 16.9 Å². The maximum Gasteiger partial charge on any atom is 0.426 e. The molecule has 200 valence electrons. The highest BCUT2D eigenvalue weighted by atomic mass is 19.3. The van der Waals surface area contributed by atoms with E-state index in [1.54, 1.807) is 12.1 Å². The Morgan fingerprint density at radius 2 is 1.36 bits per heavy atom. The molecule has 2 aromatic rings. The normalized spacial score (nSPS) is 19.4.